The molecular weight excluding hydrogens is 325 g/mol. The van der Waals surface area contributed by atoms with Gasteiger partial charge in [-0.3, -0.25) is 0 Å². The molecule has 0 unspecified atom stereocenters. The van der Waals surface area contributed by atoms with E-state index in [4.69, 9.17) is 19.3 Å². The van der Waals surface area contributed by atoms with Crippen LogP contribution in [0.5, 0.6) is 5.75 Å². The van der Waals surface area contributed by atoms with E-state index in [1.54, 1.807) is 12.1 Å². The summed E-state index contributed by atoms with van der Waals surface area (Å²) in [5.74, 6) is 0.828. The van der Waals surface area contributed by atoms with Gasteiger partial charge in [0.2, 0.25) is 0 Å². The smallest absolute Gasteiger partial charge is 0.489 e. The minimum Gasteiger partial charge on any atom is -0.489 e. The highest BCUT2D eigenvalue weighted by Crippen LogP contribution is 2.36. The van der Waals surface area contributed by atoms with E-state index in [1.165, 1.54) is 0 Å². The summed E-state index contributed by atoms with van der Waals surface area (Å²) in [6.07, 6.45) is 0. The van der Waals surface area contributed by atoms with Crippen LogP contribution in [0.25, 0.3) is 0 Å². The average molecular weight is 349 g/mol. The molecule has 1 saturated heterocycles. The molecule has 0 N–H and O–H groups in total. The van der Waals surface area contributed by atoms with Crippen LogP contribution in [-0.4, -0.2) is 18.3 Å². The van der Waals surface area contributed by atoms with Crippen molar-refractivity contribution in [3.63, 3.8) is 0 Å². The van der Waals surface area contributed by atoms with E-state index in [0.717, 1.165) is 22.3 Å². The van der Waals surface area contributed by atoms with Crippen LogP contribution in [0, 0.1) is 18.3 Å². The highest BCUT2D eigenvalue weighted by molar-refractivity contribution is 6.62. The summed E-state index contributed by atoms with van der Waals surface area (Å²) in [5, 5.41) is 8.85. The predicted octanol–water partition coefficient (Wildman–Crippen LogP) is 3.74. The predicted molar refractivity (Wildman–Crippen MR) is 102 cm³/mol. The van der Waals surface area contributed by atoms with Crippen molar-refractivity contribution in [1.29, 1.82) is 5.26 Å². The van der Waals surface area contributed by atoms with Crippen molar-refractivity contribution in [3.05, 3.63) is 59.2 Å². The Balaban J connectivity index is 1.69. The maximum atomic E-state index is 8.85. The molecule has 0 spiro atoms. The Hall–Kier alpha value is -2.29. The molecule has 1 heterocycles. The molecule has 0 amide bonds. The molecule has 134 valence electrons. The summed E-state index contributed by atoms with van der Waals surface area (Å²) in [7, 11) is -0.369. The van der Waals surface area contributed by atoms with Gasteiger partial charge in [0.15, 0.2) is 0 Å². The molecule has 0 aromatic heterocycles. The van der Waals surface area contributed by atoms with E-state index >= 15 is 0 Å². The monoisotopic (exact) mass is 349 g/mol. The maximum absolute atomic E-state index is 8.85. The summed E-state index contributed by atoms with van der Waals surface area (Å²) in [4.78, 5) is 0. The lowest BCUT2D eigenvalue weighted by Gasteiger charge is -2.32. The zero-order chi connectivity index (χ0) is 18.9. The molecule has 1 fully saturated rings. The topological polar surface area (TPSA) is 51.5 Å². The van der Waals surface area contributed by atoms with Crippen LogP contribution in [0.4, 0.5) is 0 Å². The summed E-state index contributed by atoms with van der Waals surface area (Å²) in [5.41, 5.74) is 3.00. The van der Waals surface area contributed by atoms with Crippen LogP contribution in [-0.2, 0) is 15.9 Å². The average Bonchev–Trinajstić information content (AvgIpc) is 2.82. The number of ether oxygens (including phenoxy) is 1. The van der Waals surface area contributed by atoms with Crippen molar-refractivity contribution >= 4 is 12.6 Å². The molecule has 0 radical (unpaired) electrons. The van der Waals surface area contributed by atoms with Crippen LogP contribution in [0.2, 0.25) is 0 Å². The second-order valence-corrected chi connectivity index (χ2v) is 7.71. The van der Waals surface area contributed by atoms with E-state index in [1.807, 2.05) is 31.2 Å². The van der Waals surface area contributed by atoms with Crippen molar-refractivity contribution in [2.45, 2.75) is 52.4 Å². The third-order valence-corrected chi connectivity index (χ3v) is 5.20. The molecule has 2 aromatic rings. The molecule has 0 aliphatic carbocycles. The van der Waals surface area contributed by atoms with Crippen molar-refractivity contribution in [2.75, 3.05) is 0 Å². The number of benzene rings is 2. The number of rotatable bonds is 4. The van der Waals surface area contributed by atoms with Gasteiger partial charge in [-0.25, -0.2) is 0 Å². The molecule has 3 rings (SSSR count). The van der Waals surface area contributed by atoms with Crippen LogP contribution in [0.15, 0.2) is 42.5 Å². The largest absolute Gasteiger partial charge is 0.494 e. The number of hydrogen-bond donors (Lipinski definition) is 0. The van der Waals surface area contributed by atoms with E-state index in [9.17, 15) is 0 Å². The maximum Gasteiger partial charge on any atom is 0.494 e. The van der Waals surface area contributed by atoms with Crippen LogP contribution < -0.4 is 10.2 Å². The number of hydrogen-bond acceptors (Lipinski definition) is 4. The summed E-state index contributed by atoms with van der Waals surface area (Å²) in [6.45, 7) is 10.7. The van der Waals surface area contributed by atoms with Gasteiger partial charge in [-0.1, -0.05) is 24.3 Å². The first kappa shape index (κ1) is 18.5. The quantitative estimate of drug-likeness (QED) is 0.789. The fourth-order valence-corrected chi connectivity index (χ4v) is 2.80. The molecule has 26 heavy (non-hydrogen) atoms. The molecule has 0 saturated carbocycles. The first-order chi connectivity index (χ1) is 12.2. The van der Waals surface area contributed by atoms with Crippen LogP contribution in [0.1, 0.15) is 44.4 Å². The Labute approximate surface area is 155 Å². The van der Waals surface area contributed by atoms with Gasteiger partial charge >= 0.3 is 7.12 Å². The van der Waals surface area contributed by atoms with E-state index in [0.29, 0.717) is 12.2 Å². The fraction of sp³-hybridized carbons (Fsp3) is 0.381. The van der Waals surface area contributed by atoms with E-state index < -0.39 is 0 Å². The Kier molecular flexibility index (Phi) is 4.83. The van der Waals surface area contributed by atoms with Gasteiger partial charge in [-0.2, -0.15) is 5.26 Å². The van der Waals surface area contributed by atoms with Crippen molar-refractivity contribution < 1.29 is 14.0 Å². The van der Waals surface area contributed by atoms with Gasteiger partial charge in [0.05, 0.1) is 22.8 Å². The highest BCUT2D eigenvalue weighted by atomic mass is 16.7. The van der Waals surface area contributed by atoms with Crippen molar-refractivity contribution in [3.8, 4) is 11.8 Å². The normalized spacial score (nSPS) is 17.8. The van der Waals surface area contributed by atoms with Gasteiger partial charge in [0, 0.05) is 0 Å². The molecule has 0 atom stereocenters. The summed E-state index contributed by atoms with van der Waals surface area (Å²) < 4.78 is 18.1. The third kappa shape index (κ3) is 3.62. The SMILES string of the molecule is Cc1cc(B2OC(C)(C)C(C)(C)O2)ccc1OCc1ccc(C#N)cc1. The summed E-state index contributed by atoms with van der Waals surface area (Å²) >= 11 is 0. The van der Waals surface area contributed by atoms with Gasteiger partial charge in [-0.05, 0) is 69.4 Å². The molecule has 2 aromatic carbocycles. The van der Waals surface area contributed by atoms with Crippen LogP contribution >= 0.6 is 0 Å². The first-order valence-corrected chi connectivity index (χ1v) is 8.80. The highest BCUT2D eigenvalue weighted by Gasteiger charge is 2.51. The molecule has 5 heteroatoms. The number of aryl methyl sites for hydroxylation is 1. The fourth-order valence-electron chi connectivity index (χ4n) is 2.80. The molecule has 4 nitrogen and oxygen atoms in total. The lowest BCUT2D eigenvalue weighted by atomic mass is 9.78. The van der Waals surface area contributed by atoms with Gasteiger partial charge in [0.25, 0.3) is 0 Å². The van der Waals surface area contributed by atoms with Gasteiger partial charge < -0.3 is 14.0 Å². The van der Waals surface area contributed by atoms with Gasteiger partial charge in [-0.15, -0.1) is 0 Å². The number of nitriles is 1. The zero-order valence-corrected chi connectivity index (χ0v) is 16.0. The van der Waals surface area contributed by atoms with E-state index in [-0.39, 0.29) is 18.3 Å². The Morgan fingerprint density at radius 2 is 1.62 bits per heavy atom. The molecule has 0 bridgehead atoms. The standard InChI is InChI=1S/C21H24BNO3/c1-15-12-18(22-25-20(2,3)21(4,5)26-22)10-11-19(15)24-14-17-8-6-16(13-23)7-9-17/h6-12H,14H2,1-5H3. The molecule has 1 aliphatic heterocycles. The Bertz CT molecular complexity index is 821. The van der Waals surface area contributed by atoms with Crippen molar-refractivity contribution in [2.24, 2.45) is 0 Å². The van der Waals surface area contributed by atoms with Gasteiger partial charge in [0.1, 0.15) is 12.4 Å². The molecular formula is C21H24BNO3. The minimum atomic E-state index is -0.369. The van der Waals surface area contributed by atoms with Crippen molar-refractivity contribution in [1.82, 2.24) is 0 Å². The lowest BCUT2D eigenvalue weighted by molar-refractivity contribution is 0.00578. The summed E-state index contributed by atoms with van der Waals surface area (Å²) in [6, 6.07) is 15.5. The number of nitrogens with zero attached hydrogens (tertiary/aromatic N) is 1. The minimum absolute atomic E-state index is 0.351. The zero-order valence-electron chi connectivity index (χ0n) is 16.0. The third-order valence-electron chi connectivity index (χ3n) is 5.20. The Morgan fingerprint density at radius 3 is 2.15 bits per heavy atom. The van der Waals surface area contributed by atoms with Crippen LogP contribution in [0.3, 0.4) is 0 Å². The second-order valence-electron chi connectivity index (χ2n) is 7.71. The lowest BCUT2D eigenvalue weighted by Crippen LogP contribution is -2.41. The molecule has 1 aliphatic rings. The Morgan fingerprint density at radius 1 is 1.00 bits per heavy atom. The first-order valence-electron chi connectivity index (χ1n) is 8.80. The van der Waals surface area contributed by atoms with E-state index in [2.05, 4.69) is 39.8 Å². The second kappa shape index (κ2) is 6.79.